The Balaban J connectivity index is 2.07. The molecule has 2 rings (SSSR count). The Bertz CT molecular complexity index is 369. The maximum absolute atomic E-state index is 4.57. The summed E-state index contributed by atoms with van der Waals surface area (Å²) in [6.45, 7) is 11.5. The van der Waals surface area contributed by atoms with Crippen LogP contribution in [0.1, 0.15) is 39.2 Å². The van der Waals surface area contributed by atoms with E-state index in [1.807, 2.05) is 6.20 Å². The smallest absolute Gasteiger partial charge is 0.128 e. The molecule has 0 aromatic carbocycles. The Kier molecular flexibility index (Phi) is 4.26. The van der Waals surface area contributed by atoms with Crippen LogP contribution in [0, 0.1) is 24.7 Å². The normalized spacial score (nSPS) is 24.6. The van der Waals surface area contributed by atoms with Crippen LogP contribution in [-0.2, 0) is 0 Å². The number of aryl methyl sites for hydroxylation is 1. The van der Waals surface area contributed by atoms with E-state index in [1.165, 1.54) is 24.9 Å². The largest absolute Gasteiger partial charge is 0.356 e. The molecular weight excluding hydrogens is 220 g/mol. The third-order valence-electron chi connectivity index (χ3n) is 4.39. The highest BCUT2D eigenvalue weighted by molar-refractivity contribution is 5.39. The van der Waals surface area contributed by atoms with Crippen molar-refractivity contribution in [2.45, 2.75) is 40.5 Å². The molecule has 1 aliphatic rings. The van der Waals surface area contributed by atoms with Gasteiger partial charge < -0.3 is 4.90 Å². The summed E-state index contributed by atoms with van der Waals surface area (Å²) < 4.78 is 0. The molecule has 18 heavy (non-hydrogen) atoms. The van der Waals surface area contributed by atoms with E-state index >= 15 is 0 Å². The van der Waals surface area contributed by atoms with Gasteiger partial charge in [-0.25, -0.2) is 4.98 Å². The molecule has 0 saturated carbocycles. The minimum absolute atomic E-state index is 0.808. The second kappa shape index (κ2) is 5.73. The van der Waals surface area contributed by atoms with Crippen molar-refractivity contribution in [3.8, 4) is 0 Å². The van der Waals surface area contributed by atoms with Gasteiger partial charge in [0.25, 0.3) is 0 Å². The van der Waals surface area contributed by atoms with Crippen LogP contribution in [0.15, 0.2) is 18.3 Å². The highest BCUT2D eigenvalue weighted by atomic mass is 15.2. The van der Waals surface area contributed by atoms with Gasteiger partial charge in [0, 0.05) is 19.3 Å². The van der Waals surface area contributed by atoms with Gasteiger partial charge in [-0.05, 0) is 42.7 Å². The second-order valence-corrected chi connectivity index (χ2v) is 6.00. The number of hydrogen-bond donors (Lipinski definition) is 0. The van der Waals surface area contributed by atoms with Crippen molar-refractivity contribution >= 4 is 5.82 Å². The number of hydrogen-bond acceptors (Lipinski definition) is 2. The molecule has 1 aromatic rings. The number of pyridine rings is 1. The summed E-state index contributed by atoms with van der Waals surface area (Å²) in [4.78, 5) is 7.03. The van der Waals surface area contributed by atoms with Gasteiger partial charge in [0.15, 0.2) is 0 Å². The standard InChI is InChI=1S/C16H26N2/c1-5-14-11-18(9-8-15(14)12(2)3)16-7-6-13(4)10-17-16/h6-7,10,12,14-15H,5,8-9,11H2,1-4H3/t14-,15+/m1/s1. The number of nitrogens with zero attached hydrogens (tertiary/aromatic N) is 2. The molecule has 2 heterocycles. The van der Waals surface area contributed by atoms with Crippen LogP contribution in [0.4, 0.5) is 5.82 Å². The van der Waals surface area contributed by atoms with Crippen molar-refractivity contribution in [1.82, 2.24) is 4.98 Å². The van der Waals surface area contributed by atoms with E-state index < -0.39 is 0 Å². The molecule has 0 bridgehead atoms. The Labute approximate surface area is 111 Å². The highest BCUT2D eigenvalue weighted by Crippen LogP contribution is 2.33. The molecule has 1 aliphatic heterocycles. The minimum atomic E-state index is 0.808. The summed E-state index contributed by atoms with van der Waals surface area (Å²) in [6.07, 6.45) is 4.57. The molecule has 0 radical (unpaired) electrons. The molecule has 0 amide bonds. The summed E-state index contributed by atoms with van der Waals surface area (Å²) in [5.41, 5.74) is 1.24. The van der Waals surface area contributed by atoms with Crippen molar-refractivity contribution in [2.75, 3.05) is 18.0 Å². The summed E-state index contributed by atoms with van der Waals surface area (Å²) in [7, 11) is 0. The number of piperidine rings is 1. The van der Waals surface area contributed by atoms with Gasteiger partial charge in [-0.1, -0.05) is 33.3 Å². The van der Waals surface area contributed by atoms with Crippen LogP contribution in [-0.4, -0.2) is 18.1 Å². The first-order valence-corrected chi connectivity index (χ1v) is 7.29. The van der Waals surface area contributed by atoms with Crippen molar-refractivity contribution < 1.29 is 0 Å². The van der Waals surface area contributed by atoms with Crippen LogP contribution in [0.3, 0.4) is 0 Å². The third kappa shape index (κ3) is 2.85. The molecule has 0 aliphatic carbocycles. The van der Waals surface area contributed by atoms with Crippen LogP contribution < -0.4 is 4.90 Å². The average Bonchev–Trinajstić information content (AvgIpc) is 2.38. The van der Waals surface area contributed by atoms with Crippen LogP contribution >= 0.6 is 0 Å². The van der Waals surface area contributed by atoms with E-state index in [2.05, 4.69) is 49.7 Å². The average molecular weight is 246 g/mol. The van der Waals surface area contributed by atoms with Gasteiger partial charge in [-0.15, -0.1) is 0 Å². The molecule has 2 atom stereocenters. The monoisotopic (exact) mass is 246 g/mol. The number of aromatic nitrogens is 1. The maximum Gasteiger partial charge on any atom is 0.128 e. The molecule has 0 N–H and O–H groups in total. The van der Waals surface area contributed by atoms with E-state index in [4.69, 9.17) is 0 Å². The molecule has 1 aromatic heterocycles. The van der Waals surface area contributed by atoms with Gasteiger partial charge in [-0.2, -0.15) is 0 Å². The Morgan fingerprint density at radius 3 is 2.72 bits per heavy atom. The fourth-order valence-corrected chi connectivity index (χ4v) is 3.22. The quantitative estimate of drug-likeness (QED) is 0.804. The lowest BCUT2D eigenvalue weighted by Crippen LogP contribution is -2.42. The molecule has 1 fully saturated rings. The SMILES string of the molecule is CC[C@@H]1CN(c2ccc(C)cn2)CC[C@H]1C(C)C. The zero-order valence-corrected chi connectivity index (χ0v) is 12.2. The summed E-state index contributed by atoms with van der Waals surface area (Å²) in [6, 6.07) is 4.33. The van der Waals surface area contributed by atoms with Crippen molar-refractivity contribution in [3.63, 3.8) is 0 Å². The first kappa shape index (κ1) is 13.4. The first-order valence-electron chi connectivity index (χ1n) is 7.29. The Morgan fingerprint density at radius 2 is 2.17 bits per heavy atom. The molecule has 0 unspecified atom stereocenters. The zero-order valence-electron chi connectivity index (χ0n) is 12.2. The lowest BCUT2D eigenvalue weighted by Gasteiger charge is -2.40. The van der Waals surface area contributed by atoms with Gasteiger partial charge in [0.2, 0.25) is 0 Å². The lowest BCUT2D eigenvalue weighted by atomic mass is 9.77. The maximum atomic E-state index is 4.57. The van der Waals surface area contributed by atoms with Crippen LogP contribution in [0.25, 0.3) is 0 Å². The first-order chi connectivity index (χ1) is 8.61. The van der Waals surface area contributed by atoms with Gasteiger partial charge in [-0.3, -0.25) is 0 Å². The van der Waals surface area contributed by atoms with E-state index in [-0.39, 0.29) is 0 Å². The van der Waals surface area contributed by atoms with E-state index in [9.17, 15) is 0 Å². The van der Waals surface area contributed by atoms with Crippen molar-refractivity contribution in [1.29, 1.82) is 0 Å². The fraction of sp³-hybridized carbons (Fsp3) is 0.688. The second-order valence-electron chi connectivity index (χ2n) is 6.00. The highest BCUT2D eigenvalue weighted by Gasteiger charge is 2.30. The molecule has 100 valence electrons. The topological polar surface area (TPSA) is 16.1 Å². The van der Waals surface area contributed by atoms with Crippen LogP contribution in [0.2, 0.25) is 0 Å². The van der Waals surface area contributed by atoms with Gasteiger partial charge >= 0.3 is 0 Å². The predicted octanol–water partition coefficient (Wildman–Crippen LogP) is 3.90. The van der Waals surface area contributed by atoms with Crippen molar-refractivity contribution in [3.05, 3.63) is 23.9 Å². The Hall–Kier alpha value is -1.05. The van der Waals surface area contributed by atoms with Gasteiger partial charge in [0.1, 0.15) is 5.82 Å². The minimum Gasteiger partial charge on any atom is -0.356 e. The molecular formula is C16H26N2. The van der Waals surface area contributed by atoms with Gasteiger partial charge in [0.05, 0.1) is 0 Å². The van der Waals surface area contributed by atoms with Crippen molar-refractivity contribution in [2.24, 2.45) is 17.8 Å². The lowest BCUT2D eigenvalue weighted by molar-refractivity contribution is 0.207. The zero-order chi connectivity index (χ0) is 13.1. The predicted molar refractivity (Wildman–Crippen MR) is 77.9 cm³/mol. The number of anilines is 1. The molecule has 2 heteroatoms. The van der Waals surface area contributed by atoms with E-state index in [1.54, 1.807) is 0 Å². The Morgan fingerprint density at radius 1 is 1.39 bits per heavy atom. The fourth-order valence-electron chi connectivity index (χ4n) is 3.22. The summed E-state index contributed by atoms with van der Waals surface area (Å²) in [5, 5.41) is 0. The number of rotatable bonds is 3. The summed E-state index contributed by atoms with van der Waals surface area (Å²) >= 11 is 0. The third-order valence-corrected chi connectivity index (χ3v) is 4.39. The molecule has 2 nitrogen and oxygen atoms in total. The van der Waals surface area contributed by atoms with E-state index in [0.717, 1.165) is 30.1 Å². The molecule has 0 spiro atoms. The van der Waals surface area contributed by atoms with Crippen LogP contribution in [0.5, 0.6) is 0 Å². The molecule has 1 saturated heterocycles. The van der Waals surface area contributed by atoms with E-state index in [0.29, 0.717) is 0 Å². The summed E-state index contributed by atoms with van der Waals surface area (Å²) in [5.74, 6) is 3.67.